The average molecular weight is 366 g/mol. The molecule has 0 radical (unpaired) electrons. The van der Waals surface area contributed by atoms with Gasteiger partial charge in [0.25, 0.3) is 0 Å². The number of aliphatic hydroxyl groups is 2. The number of H-pyrrole nitrogens is 1. The van der Waals surface area contributed by atoms with Crippen LogP contribution in [0.25, 0.3) is 10.9 Å². The molecule has 25 heavy (non-hydrogen) atoms. The van der Waals surface area contributed by atoms with Crippen LogP contribution in [-0.2, 0) is 4.79 Å². The van der Waals surface area contributed by atoms with E-state index in [0.717, 1.165) is 29.3 Å². The second kappa shape index (κ2) is 6.94. The van der Waals surface area contributed by atoms with Gasteiger partial charge in [-0.2, -0.15) is 5.10 Å². The van der Waals surface area contributed by atoms with Crippen LogP contribution in [0.15, 0.2) is 18.3 Å². The highest BCUT2D eigenvalue weighted by Gasteiger charge is 2.40. The normalized spacial score (nSPS) is 17.9. The second-order valence-electron chi connectivity index (χ2n) is 7.37. The van der Waals surface area contributed by atoms with Crippen molar-refractivity contribution in [1.29, 1.82) is 0 Å². The number of aromatic nitrogens is 2. The van der Waals surface area contributed by atoms with Gasteiger partial charge in [-0.05, 0) is 36.3 Å². The second-order valence-corrected chi connectivity index (χ2v) is 7.80. The van der Waals surface area contributed by atoms with Gasteiger partial charge in [0, 0.05) is 29.1 Å². The van der Waals surface area contributed by atoms with Gasteiger partial charge in [0.15, 0.2) is 0 Å². The molecular formula is C18H24ClN3O3. The smallest absolute Gasteiger partial charge is 0.248 e. The Balaban J connectivity index is 1.82. The molecule has 3 N–H and O–H groups in total. The Labute approximate surface area is 151 Å². The topological polar surface area (TPSA) is 89.5 Å². The molecule has 1 amide bonds. The Bertz CT molecular complexity index is 766. The minimum atomic E-state index is -0.709. The van der Waals surface area contributed by atoms with E-state index in [2.05, 4.69) is 24.0 Å². The first-order valence-corrected chi connectivity index (χ1v) is 8.91. The molecule has 0 aliphatic carbocycles. The van der Waals surface area contributed by atoms with E-state index >= 15 is 0 Å². The van der Waals surface area contributed by atoms with Crippen LogP contribution in [0.5, 0.6) is 0 Å². The number of amides is 1. The van der Waals surface area contributed by atoms with Crippen molar-refractivity contribution in [2.24, 2.45) is 11.3 Å². The van der Waals surface area contributed by atoms with E-state index in [1.165, 1.54) is 0 Å². The van der Waals surface area contributed by atoms with E-state index < -0.39 is 18.1 Å². The standard InChI is InChI=1S/C18H24ClN3O3/c1-18(2,12-3-5-22(6-4-12)15(24)10-23)17(25)14-8-13(19)7-11-9-20-21-16(11)14/h7-9,12,17,23,25H,3-6,10H2,1-2H3,(H,20,21). The maximum Gasteiger partial charge on any atom is 0.248 e. The average Bonchev–Trinajstić information content (AvgIpc) is 3.08. The van der Waals surface area contributed by atoms with Crippen LogP contribution in [0, 0.1) is 11.3 Å². The molecule has 2 aromatic rings. The summed E-state index contributed by atoms with van der Waals surface area (Å²) < 4.78 is 0. The molecule has 2 heterocycles. The number of halogens is 1. The zero-order chi connectivity index (χ0) is 18.2. The minimum Gasteiger partial charge on any atom is -0.388 e. The molecule has 7 heteroatoms. The van der Waals surface area contributed by atoms with Crippen molar-refractivity contribution < 1.29 is 15.0 Å². The Morgan fingerprint density at radius 1 is 1.44 bits per heavy atom. The van der Waals surface area contributed by atoms with Crippen LogP contribution in [0.1, 0.15) is 38.4 Å². The number of fused-ring (bicyclic) bond motifs is 1. The van der Waals surface area contributed by atoms with E-state index in [-0.39, 0.29) is 11.8 Å². The lowest BCUT2D eigenvalue weighted by Gasteiger charge is -2.43. The number of nitrogens with zero attached hydrogens (tertiary/aromatic N) is 2. The lowest BCUT2D eigenvalue weighted by atomic mass is 9.68. The minimum absolute atomic E-state index is 0.231. The molecule has 1 atom stereocenters. The molecule has 1 aliphatic heterocycles. The summed E-state index contributed by atoms with van der Waals surface area (Å²) in [5, 5.41) is 28.6. The SMILES string of the molecule is CC(C)(C1CCN(C(=O)CO)CC1)C(O)c1cc(Cl)cc2cn[nH]c12. The molecule has 0 bridgehead atoms. The van der Waals surface area contributed by atoms with Gasteiger partial charge in [-0.1, -0.05) is 25.4 Å². The van der Waals surface area contributed by atoms with Crippen molar-refractivity contribution in [3.63, 3.8) is 0 Å². The predicted molar refractivity (Wildman–Crippen MR) is 96.2 cm³/mol. The number of hydrogen-bond donors (Lipinski definition) is 3. The van der Waals surface area contributed by atoms with Gasteiger partial charge in [0.1, 0.15) is 6.61 Å². The summed E-state index contributed by atoms with van der Waals surface area (Å²) in [5.41, 5.74) is 1.16. The van der Waals surface area contributed by atoms with E-state index in [1.54, 1.807) is 17.2 Å². The van der Waals surface area contributed by atoms with Crippen LogP contribution in [0.2, 0.25) is 5.02 Å². The quantitative estimate of drug-likeness (QED) is 0.776. The number of hydrogen-bond acceptors (Lipinski definition) is 4. The first-order chi connectivity index (χ1) is 11.8. The Morgan fingerprint density at radius 3 is 2.76 bits per heavy atom. The summed E-state index contributed by atoms with van der Waals surface area (Å²) in [6.45, 7) is 4.87. The summed E-state index contributed by atoms with van der Waals surface area (Å²) in [4.78, 5) is 13.3. The largest absolute Gasteiger partial charge is 0.388 e. The van der Waals surface area contributed by atoms with Crippen LogP contribution < -0.4 is 0 Å². The molecule has 1 aromatic carbocycles. The van der Waals surface area contributed by atoms with E-state index in [4.69, 9.17) is 16.7 Å². The molecule has 1 unspecified atom stereocenters. The van der Waals surface area contributed by atoms with E-state index in [1.807, 2.05) is 6.07 Å². The number of piperidine rings is 1. The third kappa shape index (κ3) is 3.38. The Hall–Kier alpha value is -1.63. The van der Waals surface area contributed by atoms with Crippen molar-refractivity contribution >= 4 is 28.4 Å². The number of carbonyl (C=O) groups is 1. The monoisotopic (exact) mass is 365 g/mol. The zero-order valence-electron chi connectivity index (χ0n) is 14.5. The number of rotatable bonds is 4. The number of nitrogens with one attached hydrogen (secondary N) is 1. The van der Waals surface area contributed by atoms with Gasteiger partial charge in [-0.25, -0.2) is 0 Å². The van der Waals surface area contributed by atoms with Crippen molar-refractivity contribution in [2.75, 3.05) is 19.7 Å². The molecule has 1 saturated heterocycles. The summed E-state index contributed by atoms with van der Waals surface area (Å²) in [6.07, 6.45) is 2.58. The number of benzene rings is 1. The van der Waals surface area contributed by atoms with Crippen LogP contribution in [0.4, 0.5) is 0 Å². The van der Waals surface area contributed by atoms with Gasteiger partial charge >= 0.3 is 0 Å². The molecule has 6 nitrogen and oxygen atoms in total. The summed E-state index contributed by atoms with van der Waals surface area (Å²) in [7, 11) is 0. The van der Waals surface area contributed by atoms with Gasteiger partial charge in [0.05, 0.1) is 17.8 Å². The van der Waals surface area contributed by atoms with E-state index in [0.29, 0.717) is 18.1 Å². The fourth-order valence-electron chi connectivity index (χ4n) is 3.86. The third-order valence-corrected chi connectivity index (χ3v) is 5.80. The predicted octanol–water partition coefficient (Wildman–Crippen LogP) is 2.51. The number of likely N-dealkylation sites (tertiary alicyclic amines) is 1. The highest BCUT2D eigenvalue weighted by atomic mass is 35.5. The maximum atomic E-state index is 11.6. The molecule has 0 saturated carbocycles. The van der Waals surface area contributed by atoms with Crippen molar-refractivity contribution in [3.8, 4) is 0 Å². The highest BCUT2D eigenvalue weighted by molar-refractivity contribution is 6.31. The fourth-order valence-corrected chi connectivity index (χ4v) is 4.09. The number of carbonyl (C=O) groups excluding carboxylic acids is 1. The molecule has 3 rings (SSSR count). The molecular weight excluding hydrogens is 342 g/mol. The van der Waals surface area contributed by atoms with Crippen LogP contribution >= 0.6 is 11.6 Å². The van der Waals surface area contributed by atoms with E-state index in [9.17, 15) is 9.90 Å². The molecule has 0 spiro atoms. The Kier molecular flexibility index (Phi) is 5.04. The van der Waals surface area contributed by atoms with Gasteiger partial charge in [0.2, 0.25) is 5.91 Å². The maximum absolute atomic E-state index is 11.6. The third-order valence-electron chi connectivity index (χ3n) is 5.58. The molecule has 1 aromatic heterocycles. The van der Waals surface area contributed by atoms with Gasteiger partial charge in [-0.3, -0.25) is 9.89 Å². The van der Waals surface area contributed by atoms with Crippen LogP contribution in [0.3, 0.4) is 0 Å². The number of aromatic amines is 1. The van der Waals surface area contributed by atoms with Gasteiger partial charge in [-0.15, -0.1) is 0 Å². The Morgan fingerprint density at radius 2 is 2.12 bits per heavy atom. The highest BCUT2D eigenvalue weighted by Crippen LogP contribution is 2.46. The summed E-state index contributed by atoms with van der Waals surface area (Å²) in [5.74, 6) is 0.0213. The van der Waals surface area contributed by atoms with Gasteiger partial charge < -0.3 is 15.1 Å². The summed E-state index contributed by atoms with van der Waals surface area (Å²) in [6, 6.07) is 3.61. The molecule has 1 fully saturated rings. The van der Waals surface area contributed by atoms with Crippen molar-refractivity contribution in [1.82, 2.24) is 15.1 Å². The first kappa shape index (κ1) is 18.2. The molecule has 1 aliphatic rings. The number of aliphatic hydroxyl groups excluding tert-OH is 2. The van der Waals surface area contributed by atoms with Crippen molar-refractivity contribution in [3.05, 3.63) is 28.9 Å². The lowest BCUT2D eigenvalue weighted by molar-refractivity contribution is -0.136. The van der Waals surface area contributed by atoms with Crippen LogP contribution in [-0.4, -0.2) is 50.9 Å². The lowest BCUT2D eigenvalue weighted by Crippen LogP contribution is -2.44. The fraction of sp³-hybridized carbons (Fsp3) is 0.556. The zero-order valence-corrected chi connectivity index (χ0v) is 15.3. The summed E-state index contributed by atoms with van der Waals surface area (Å²) >= 11 is 6.21. The molecule has 136 valence electrons. The van der Waals surface area contributed by atoms with Crippen molar-refractivity contribution in [2.45, 2.75) is 32.8 Å². The first-order valence-electron chi connectivity index (χ1n) is 8.53.